The van der Waals surface area contributed by atoms with Gasteiger partial charge in [-0.3, -0.25) is 4.79 Å². The van der Waals surface area contributed by atoms with Crippen LogP contribution in [0.5, 0.6) is 0 Å². The van der Waals surface area contributed by atoms with Gasteiger partial charge in [-0.2, -0.15) is 0 Å². The molecule has 2 aromatic rings. The molecule has 23 heavy (non-hydrogen) atoms. The first-order chi connectivity index (χ1) is 11.0. The molecule has 0 aliphatic heterocycles. The van der Waals surface area contributed by atoms with E-state index in [1.807, 2.05) is 49.3 Å². The van der Waals surface area contributed by atoms with Crippen LogP contribution in [0.2, 0.25) is 0 Å². The Bertz CT molecular complexity index is 656. The van der Waals surface area contributed by atoms with Crippen molar-refractivity contribution in [2.45, 2.75) is 12.8 Å². The first-order valence-electron chi connectivity index (χ1n) is 7.65. The molecular formula is C19H22FNO2. The van der Waals surface area contributed by atoms with Gasteiger partial charge in [-0.25, -0.2) is 4.39 Å². The van der Waals surface area contributed by atoms with Gasteiger partial charge in [-0.15, -0.1) is 0 Å². The SMILES string of the molecule is CC(C(=O)OCCN(C)C)c1ccc(-c2ccccc2)c(F)c1. The summed E-state index contributed by atoms with van der Waals surface area (Å²) >= 11 is 0. The van der Waals surface area contributed by atoms with Crippen molar-refractivity contribution in [2.24, 2.45) is 0 Å². The summed E-state index contributed by atoms with van der Waals surface area (Å²) in [5.74, 6) is -1.16. The Hall–Kier alpha value is -2.20. The van der Waals surface area contributed by atoms with Gasteiger partial charge in [0.05, 0.1) is 5.92 Å². The maximum Gasteiger partial charge on any atom is 0.313 e. The molecule has 0 saturated heterocycles. The highest BCUT2D eigenvalue weighted by molar-refractivity contribution is 5.78. The molecule has 0 aliphatic carbocycles. The number of esters is 1. The van der Waals surface area contributed by atoms with Gasteiger partial charge in [-0.1, -0.05) is 42.5 Å². The average Bonchev–Trinajstić information content (AvgIpc) is 2.54. The molecule has 0 spiro atoms. The van der Waals surface area contributed by atoms with E-state index in [9.17, 15) is 9.18 Å². The van der Waals surface area contributed by atoms with Gasteiger partial charge in [0.1, 0.15) is 12.4 Å². The van der Waals surface area contributed by atoms with Crippen LogP contribution >= 0.6 is 0 Å². The number of carbonyl (C=O) groups excluding carboxylic acids is 1. The van der Waals surface area contributed by atoms with Crippen molar-refractivity contribution in [3.63, 3.8) is 0 Å². The third-order valence-electron chi connectivity index (χ3n) is 3.71. The van der Waals surface area contributed by atoms with Crippen molar-refractivity contribution in [3.05, 3.63) is 59.9 Å². The molecule has 0 aliphatic rings. The number of hydrogen-bond acceptors (Lipinski definition) is 3. The zero-order valence-corrected chi connectivity index (χ0v) is 13.8. The van der Waals surface area contributed by atoms with E-state index in [2.05, 4.69) is 0 Å². The zero-order chi connectivity index (χ0) is 16.8. The van der Waals surface area contributed by atoms with Crippen molar-refractivity contribution >= 4 is 5.97 Å². The van der Waals surface area contributed by atoms with Crippen molar-refractivity contribution in [3.8, 4) is 11.1 Å². The predicted octanol–water partition coefficient (Wildman–Crippen LogP) is 3.70. The Kier molecular flexibility index (Phi) is 5.88. The maximum atomic E-state index is 14.4. The molecule has 0 saturated carbocycles. The highest BCUT2D eigenvalue weighted by atomic mass is 19.1. The number of halogens is 1. The number of hydrogen-bond donors (Lipinski definition) is 0. The number of ether oxygens (including phenoxy) is 1. The lowest BCUT2D eigenvalue weighted by Gasteiger charge is -2.15. The van der Waals surface area contributed by atoms with Crippen LogP contribution in [0.3, 0.4) is 0 Å². The molecule has 1 atom stereocenters. The van der Waals surface area contributed by atoms with Crippen LogP contribution in [0.25, 0.3) is 11.1 Å². The summed E-state index contributed by atoms with van der Waals surface area (Å²) in [4.78, 5) is 14.0. The number of nitrogens with zero attached hydrogens (tertiary/aromatic N) is 1. The lowest BCUT2D eigenvalue weighted by molar-refractivity contribution is -0.145. The molecular weight excluding hydrogens is 293 g/mol. The number of rotatable bonds is 6. The third kappa shape index (κ3) is 4.63. The molecule has 0 bridgehead atoms. The van der Waals surface area contributed by atoms with E-state index in [1.165, 1.54) is 6.07 Å². The van der Waals surface area contributed by atoms with Gasteiger partial charge in [0.15, 0.2) is 0 Å². The minimum absolute atomic E-state index is 0.332. The summed E-state index contributed by atoms with van der Waals surface area (Å²) in [5, 5.41) is 0. The van der Waals surface area contributed by atoms with Crippen LogP contribution < -0.4 is 0 Å². The lowest BCUT2D eigenvalue weighted by atomic mass is 9.97. The fourth-order valence-corrected chi connectivity index (χ4v) is 2.24. The largest absolute Gasteiger partial charge is 0.464 e. The molecule has 0 radical (unpaired) electrons. The second-order valence-corrected chi connectivity index (χ2v) is 5.80. The first-order valence-corrected chi connectivity index (χ1v) is 7.65. The molecule has 0 fully saturated rings. The summed E-state index contributed by atoms with van der Waals surface area (Å²) in [5.41, 5.74) is 1.97. The van der Waals surface area contributed by atoms with Crippen molar-refractivity contribution in [1.29, 1.82) is 0 Å². The van der Waals surface area contributed by atoms with Gasteiger partial charge >= 0.3 is 5.97 Å². The second-order valence-electron chi connectivity index (χ2n) is 5.80. The lowest BCUT2D eigenvalue weighted by Crippen LogP contribution is -2.22. The zero-order valence-electron chi connectivity index (χ0n) is 13.8. The predicted molar refractivity (Wildman–Crippen MR) is 89.8 cm³/mol. The fourth-order valence-electron chi connectivity index (χ4n) is 2.24. The molecule has 2 aromatic carbocycles. The minimum Gasteiger partial charge on any atom is -0.464 e. The third-order valence-corrected chi connectivity index (χ3v) is 3.71. The highest BCUT2D eigenvalue weighted by Gasteiger charge is 2.18. The standard InChI is InChI=1S/C19H22FNO2/c1-14(19(22)23-12-11-21(2)3)16-9-10-17(18(20)13-16)15-7-5-4-6-8-15/h4-10,13-14H,11-12H2,1-3H3. The minimum atomic E-state index is -0.489. The Morgan fingerprint density at radius 3 is 2.48 bits per heavy atom. The first kappa shape index (κ1) is 17.2. The van der Waals surface area contributed by atoms with Gasteiger partial charge < -0.3 is 9.64 Å². The highest BCUT2D eigenvalue weighted by Crippen LogP contribution is 2.26. The molecule has 3 nitrogen and oxygen atoms in total. The Morgan fingerprint density at radius 2 is 1.87 bits per heavy atom. The van der Waals surface area contributed by atoms with Crippen LogP contribution in [0.1, 0.15) is 18.4 Å². The van der Waals surface area contributed by atoms with E-state index in [0.29, 0.717) is 24.3 Å². The van der Waals surface area contributed by atoms with Crippen molar-refractivity contribution < 1.29 is 13.9 Å². The summed E-state index contributed by atoms with van der Waals surface area (Å²) < 4.78 is 19.6. The molecule has 0 N–H and O–H groups in total. The van der Waals surface area contributed by atoms with E-state index in [0.717, 1.165) is 5.56 Å². The van der Waals surface area contributed by atoms with E-state index in [-0.39, 0.29) is 11.8 Å². The van der Waals surface area contributed by atoms with Crippen LogP contribution in [0.4, 0.5) is 4.39 Å². The Labute approximate surface area is 136 Å². The summed E-state index contributed by atoms with van der Waals surface area (Å²) in [6.45, 7) is 2.73. The molecule has 0 aromatic heterocycles. The molecule has 0 amide bonds. The van der Waals surface area contributed by atoms with Gasteiger partial charge in [-0.05, 0) is 38.2 Å². The van der Waals surface area contributed by atoms with Crippen molar-refractivity contribution in [1.82, 2.24) is 4.90 Å². The van der Waals surface area contributed by atoms with E-state index in [1.54, 1.807) is 19.1 Å². The van der Waals surface area contributed by atoms with E-state index in [4.69, 9.17) is 4.74 Å². The van der Waals surface area contributed by atoms with Gasteiger partial charge in [0.25, 0.3) is 0 Å². The molecule has 1 unspecified atom stereocenters. The molecule has 0 heterocycles. The summed E-state index contributed by atoms with van der Waals surface area (Å²) in [6, 6.07) is 14.3. The maximum absolute atomic E-state index is 14.4. The van der Waals surface area contributed by atoms with Gasteiger partial charge in [0, 0.05) is 12.1 Å². The average molecular weight is 315 g/mol. The van der Waals surface area contributed by atoms with Crippen LogP contribution in [0, 0.1) is 5.82 Å². The Morgan fingerprint density at radius 1 is 1.17 bits per heavy atom. The van der Waals surface area contributed by atoms with Crippen LogP contribution in [-0.4, -0.2) is 38.1 Å². The second kappa shape index (κ2) is 7.88. The van der Waals surface area contributed by atoms with Gasteiger partial charge in [0.2, 0.25) is 0 Å². The molecule has 4 heteroatoms. The fraction of sp³-hybridized carbons (Fsp3) is 0.316. The van der Waals surface area contributed by atoms with E-state index < -0.39 is 5.92 Å². The van der Waals surface area contributed by atoms with Crippen molar-refractivity contribution in [2.75, 3.05) is 27.2 Å². The molecule has 2 rings (SSSR count). The topological polar surface area (TPSA) is 29.5 Å². The summed E-state index contributed by atoms with van der Waals surface area (Å²) in [6.07, 6.45) is 0. The number of carbonyl (C=O) groups is 1. The Balaban J connectivity index is 2.09. The van der Waals surface area contributed by atoms with E-state index >= 15 is 0 Å². The quantitative estimate of drug-likeness (QED) is 0.761. The number of benzene rings is 2. The smallest absolute Gasteiger partial charge is 0.313 e. The normalized spacial score (nSPS) is 12.2. The van der Waals surface area contributed by atoms with Crippen LogP contribution in [-0.2, 0) is 9.53 Å². The monoisotopic (exact) mass is 315 g/mol. The van der Waals surface area contributed by atoms with Crippen LogP contribution in [0.15, 0.2) is 48.5 Å². The molecule has 122 valence electrons. The summed E-state index contributed by atoms with van der Waals surface area (Å²) in [7, 11) is 3.82. The number of likely N-dealkylation sites (N-methyl/N-ethyl adjacent to an activating group) is 1.